The van der Waals surface area contributed by atoms with E-state index >= 15 is 0 Å². The fourth-order valence-electron chi connectivity index (χ4n) is 2.95. The normalized spacial score (nSPS) is 11.8. The number of hydrogen-bond acceptors (Lipinski definition) is 9. The lowest BCUT2D eigenvalue weighted by molar-refractivity contribution is -0.383. The van der Waals surface area contributed by atoms with Gasteiger partial charge in [-0.3, -0.25) is 10.1 Å². The molecule has 0 radical (unpaired) electrons. The maximum Gasteiger partial charge on any atom is 0.353 e. The van der Waals surface area contributed by atoms with Crippen LogP contribution < -0.4 is 24.8 Å². The van der Waals surface area contributed by atoms with Gasteiger partial charge in [0.15, 0.2) is 11.5 Å². The Bertz CT molecular complexity index is 1070. The number of unbranched alkanes of at least 4 members (excludes halogenated alkanes) is 1. The van der Waals surface area contributed by atoms with Crippen molar-refractivity contribution in [3.05, 3.63) is 58.9 Å². The van der Waals surface area contributed by atoms with Gasteiger partial charge in [-0.1, -0.05) is 13.3 Å². The molecule has 160 valence electrons. The molecule has 1 aromatic heterocycles. The number of rotatable bonds is 9. The van der Waals surface area contributed by atoms with Crippen molar-refractivity contribution in [2.24, 2.45) is 0 Å². The van der Waals surface area contributed by atoms with E-state index in [2.05, 4.69) is 27.5 Å². The quantitative estimate of drug-likeness (QED) is 0.284. The molecule has 2 aromatic carbocycles. The summed E-state index contributed by atoms with van der Waals surface area (Å²) in [4.78, 5) is 19.4. The molecule has 10 heteroatoms. The Kier molecular flexibility index (Phi) is 5.97. The maximum atomic E-state index is 11.8. The number of aromatic nitrogens is 2. The van der Waals surface area contributed by atoms with Crippen molar-refractivity contribution >= 4 is 28.7 Å². The molecule has 0 atom stereocenters. The number of benzene rings is 2. The molecule has 0 spiro atoms. The standard InChI is InChI=1S/C21H21N5O5/c1-2-3-10-29-16-7-4-14(5-8-16)24-20-19(26(27)28)21(23-12-22-20)25-15-6-9-17-18(11-15)31-13-30-17/h4-9,11-12H,2-3,10,13H2,1H3,(H2,22,23,24,25). The fraction of sp³-hybridized carbons (Fsp3) is 0.238. The van der Waals surface area contributed by atoms with Crippen molar-refractivity contribution in [3.63, 3.8) is 0 Å². The van der Waals surface area contributed by atoms with Crippen molar-refractivity contribution in [2.45, 2.75) is 19.8 Å². The van der Waals surface area contributed by atoms with E-state index < -0.39 is 4.92 Å². The number of nitrogens with one attached hydrogen (secondary N) is 2. The highest BCUT2D eigenvalue weighted by Crippen LogP contribution is 2.37. The zero-order valence-electron chi connectivity index (χ0n) is 16.8. The van der Waals surface area contributed by atoms with E-state index in [0.29, 0.717) is 29.5 Å². The largest absolute Gasteiger partial charge is 0.494 e. The number of ether oxygens (including phenoxy) is 3. The Morgan fingerprint density at radius 2 is 1.71 bits per heavy atom. The summed E-state index contributed by atoms with van der Waals surface area (Å²) in [5.74, 6) is 2.04. The molecule has 0 saturated heterocycles. The van der Waals surface area contributed by atoms with E-state index in [9.17, 15) is 10.1 Å². The number of hydrogen-bond donors (Lipinski definition) is 2. The van der Waals surface area contributed by atoms with E-state index in [1.165, 1.54) is 6.33 Å². The van der Waals surface area contributed by atoms with Gasteiger partial charge in [0.1, 0.15) is 12.1 Å². The molecule has 1 aliphatic rings. The van der Waals surface area contributed by atoms with Crippen LogP contribution in [0.3, 0.4) is 0 Å². The fourth-order valence-corrected chi connectivity index (χ4v) is 2.95. The second kappa shape index (κ2) is 9.16. The van der Waals surface area contributed by atoms with Gasteiger partial charge in [0.2, 0.25) is 18.4 Å². The van der Waals surface area contributed by atoms with E-state index in [-0.39, 0.29) is 24.1 Å². The van der Waals surface area contributed by atoms with Crippen molar-refractivity contribution in [1.82, 2.24) is 9.97 Å². The van der Waals surface area contributed by atoms with Gasteiger partial charge in [-0.05, 0) is 42.8 Å². The zero-order valence-corrected chi connectivity index (χ0v) is 16.8. The van der Waals surface area contributed by atoms with Crippen LogP contribution in [0.5, 0.6) is 17.2 Å². The molecule has 4 rings (SSSR count). The van der Waals surface area contributed by atoms with Crippen LogP contribution >= 0.6 is 0 Å². The average Bonchev–Trinajstić information content (AvgIpc) is 3.23. The minimum Gasteiger partial charge on any atom is -0.494 e. The SMILES string of the molecule is CCCCOc1ccc(Nc2ncnc(Nc3ccc4c(c3)OCO4)c2[N+](=O)[O-])cc1. The maximum absolute atomic E-state index is 11.8. The summed E-state index contributed by atoms with van der Waals surface area (Å²) in [5, 5.41) is 17.7. The molecule has 0 saturated carbocycles. The summed E-state index contributed by atoms with van der Waals surface area (Å²) < 4.78 is 16.3. The summed E-state index contributed by atoms with van der Waals surface area (Å²) in [6.07, 6.45) is 3.29. The molecular formula is C21H21N5O5. The van der Waals surface area contributed by atoms with Gasteiger partial charge in [0, 0.05) is 17.4 Å². The summed E-state index contributed by atoms with van der Waals surface area (Å²) >= 11 is 0. The first kappa shape index (κ1) is 20.2. The average molecular weight is 423 g/mol. The molecule has 0 aliphatic carbocycles. The number of nitrogens with zero attached hydrogens (tertiary/aromatic N) is 3. The van der Waals surface area contributed by atoms with E-state index in [1.807, 2.05) is 0 Å². The molecule has 2 heterocycles. The zero-order chi connectivity index (χ0) is 21.6. The van der Waals surface area contributed by atoms with Gasteiger partial charge < -0.3 is 24.8 Å². The van der Waals surface area contributed by atoms with Crippen LogP contribution in [0, 0.1) is 10.1 Å². The van der Waals surface area contributed by atoms with Gasteiger partial charge >= 0.3 is 5.69 Å². The highest BCUT2D eigenvalue weighted by atomic mass is 16.7. The first-order chi connectivity index (χ1) is 15.1. The van der Waals surface area contributed by atoms with Crippen molar-refractivity contribution < 1.29 is 19.1 Å². The first-order valence-corrected chi connectivity index (χ1v) is 9.80. The van der Waals surface area contributed by atoms with Crippen LogP contribution in [-0.4, -0.2) is 28.3 Å². The second-order valence-electron chi connectivity index (χ2n) is 6.72. The Morgan fingerprint density at radius 1 is 1.03 bits per heavy atom. The predicted molar refractivity (Wildman–Crippen MR) is 115 cm³/mol. The third kappa shape index (κ3) is 4.74. The van der Waals surface area contributed by atoms with E-state index in [4.69, 9.17) is 14.2 Å². The summed E-state index contributed by atoms with van der Waals surface area (Å²) in [5.41, 5.74) is 0.938. The van der Waals surface area contributed by atoms with Crippen LogP contribution in [-0.2, 0) is 0 Å². The Balaban J connectivity index is 1.54. The first-order valence-electron chi connectivity index (χ1n) is 9.80. The minimum absolute atomic E-state index is 0.0564. The number of nitro groups is 1. The van der Waals surface area contributed by atoms with Crippen LogP contribution in [0.4, 0.5) is 28.7 Å². The minimum atomic E-state index is -0.528. The lowest BCUT2D eigenvalue weighted by Gasteiger charge is -2.11. The molecule has 31 heavy (non-hydrogen) atoms. The van der Waals surface area contributed by atoms with Crippen LogP contribution in [0.2, 0.25) is 0 Å². The van der Waals surface area contributed by atoms with Crippen molar-refractivity contribution in [2.75, 3.05) is 24.0 Å². The van der Waals surface area contributed by atoms with Gasteiger partial charge in [0.25, 0.3) is 0 Å². The van der Waals surface area contributed by atoms with Crippen LogP contribution in [0.25, 0.3) is 0 Å². The molecule has 0 bridgehead atoms. The molecule has 10 nitrogen and oxygen atoms in total. The van der Waals surface area contributed by atoms with Gasteiger partial charge in [0.05, 0.1) is 11.5 Å². The Labute approximate surface area is 178 Å². The number of fused-ring (bicyclic) bond motifs is 1. The van der Waals surface area contributed by atoms with E-state index in [1.54, 1.807) is 42.5 Å². The van der Waals surface area contributed by atoms with Crippen LogP contribution in [0.15, 0.2) is 48.8 Å². The molecular weight excluding hydrogens is 402 g/mol. The molecule has 1 aliphatic heterocycles. The molecule has 3 aromatic rings. The molecule has 0 amide bonds. The predicted octanol–water partition coefficient (Wildman–Crippen LogP) is 4.78. The molecule has 2 N–H and O–H groups in total. The summed E-state index contributed by atoms with van der Waals surface area (Å²) in [6.45, 7) is 2.89. The monoisotopic (exact) mass is 423 g/mol. The van der Waals surface area contributed by atoms with Crippen LogP contribution in [0.1, 0.15) is 19.8 Å². The summed E-state index contributed by atoms with van der Waals surface area (Å²) in [6, 6.07) is 12.3. The smallest absolute Gasteiger partial charge is 0.353 e. The second-order valence-corrected chi connectivity index (χ2v) is 6.72. The lowest BCUT2D eigenvalue weighted by atomic mass is 10.2. The highest BCUT2D eigenvalue weighted by molar-refractivity contribution is 5.77. The Hall–Kier alpha value is -4.08. The van der Waals surface area contributed by atoms with Crippen molar-refractivity contribution in [1.29, 1.82) is 0 Å². The van der Waals surface area contributed by atoms with Gasteiger partial charge in [-0.15, -0.1) is 0 Å². The Morgan fingerprint density at radius 3 is 2.42 bits per heavy atom. The lowest BCUT2D eigenvalue weighted by Crippen LogP contribution is -2.05. The molecule has 0 unspecified atom stereocenters. The topological polar surface area (TPSA) is 121 Å². The third-order valence-corrected chi connectivity index (χ3v) is 4.52. The van der Waals surface area contributed by atoms with Crippen molar-refractivity contribution in [3.8, 4) is 17.2 Å². The molecule has 0 fully saturated rings. The summed E-state index contributed by atoms with van der Waals surface area (Å²) in [7, 11) is 0. The third-order valence-electron chi connectivity index (χ3n) is 4.52. The number of anilines is 4. The highest BCUT2D eigenvalue weighted by Gasteiger charge is 2.24. The van der Waals surface area contributed by atoms with Gasteiger partial charge in [-0.2, -0.15) is 0 Å². The van der Waals surface area contributed by atoms with Gasteiger partial charge in [-0.25, -0.2) is 9.97 Å². The van der Waals surface area contributed by atoms with E-state index in [0.717, 1.165) is 18.6 Å².